The Balaban J connectivity index is 2.66. The van der Waals surface area contributed by atoms with Crippen molar-refractivity contribution in [3.8, 4) is 18.1 Å². The van der Waals surface area contributed by atoms with Gasteiger partial charge in [-0.25, -0.2) is 9.59 Å². The molecule has 1 N–H and O–H groups in total. The lowest BCUT2D eigenvalue weighted by atomic mass is 9.80. The van der Waals surface area contributed by atoms with Gasteiger partial charge in [-0.1, -0.05) is 36.8 Å². The molecule has 0 aromatic heterocycles. The van der Waals surface area contributed by atoms with Gasteiger partial charge < -0.3 is 19.5 Å². The van der Waals surface area contributed by atoms with Gasteiger partial charge in [0, 0.05) is 17.0 Å². The van der Waals surface area contributed by atoms with Crippen LogP contribution in [-0.4, -0.2) is 31.8 Å². The van der Waals surface area contributed by atoms with E-state index >= 15 is 0 Å². The summed E-state index contributed by atoms with van der Waals surface area (Å²) in [6, 6.07) is 7.26. The van der Waals surface area contributed by atoms with Crippen LogP contribution in [0.3, 0.4) is 0 Å². The Labute approximate surface area is 171 Å². The molecule has 0 saturated heterocycles. The summed E-state index contributed by atoms with van der Waals surface area (Å²) in [4.78, 5) is 25.8. The van der Waals surface area contributed by atoms with Crippen molar-refractivity contribution in [2.24, 2.45) is 0 Å². The number of hydrogen-bond donors (Lipinski definition) is 1. The Kier molecular flexibility index (Phi) is 7.67. The van der Waals surface area contributed by atoms with Crippen LogP contribution >= 0.6 is 0 Å². The number of para-hydroxylation sites is 1. The van der Waals surface area contributed by atoms with Crippen LogP contribution in [0.1, 0.15) is 32.3 Å². The van der Waals surface area contributed by atoms with E-state index in [1.54, 1.807) is 19.9 Å². The number of nitrogens with one attached hydrogen (secondary N) is 1. The second kappa shape index (κ2) is 10.2. The number of allylic oxidation sites excluding steroid dienone is 2. The van der Waals surface area contributed by atoms with Crippen LogP contribution < -0.4 is 10.1 Å². The van der Waals surface area contributed by atoms with Gasteiger partial charge in [-0.15, -0.1) is 6.42 Å². The van der Waals surface area contributed by atoms with Gasteiger partial charge in [0.15, 0.2) is 6.61 Å². The maximum absolute atomic E-state index is 12.9. The fourth-order valence-electron chi connectivity index (χ4n) is 3.25. The minimum absolute atomic E-state index is 0.0506. The average molecular weight is 395 g/mol. The summed E-state index contributed by atoms with van der Waals surface area (Å²) in [5, 5.41) is 3.08. The average Bonchev–Trinajstić information content (AvgIpc) is 2.70. The molecule has 0 spiro atoms. The summed E-state index contributed by atoms with van der Waals surface area (Å²) in [6.45, 7) is 9.25. The molecule has 1 aliphatic rings. The number of carbonyl (C=O) groups excluding carboxylic acids is 2. The monoisotopic (exact) mass is 395 g/mol. The molecule has 152 valence electrons. The van der Waals surface area contributed by atoms with Gasteiger partial charge in [0.25, 0.3) is 0 Å². The highest BCUT2D eigenvalue weighted by molar-refractivity contribution is 6.00. The third-order valence-corrected chi connectivity index (χ3v) is 4.35. The highest BCUT2D eigenvalue weighted by Gasteiger charge is 2.39. The first-order valence-corrected chi connectivity index (χ1v) is 9.25. The summed E-state index contributed by atoms with van der Waals surface area (Å²) in [7, 11) is 0. The van der Waals surface area contributed by atoms with E-state index in [4.69, 9.17) is 20.6 Å². The van der Waals surface area contributed by atoms with Crippen molar-refractivity contribution in [1.29, 1.82) is 0 Å². The van der Waals surface area contributed by atoms with Gasteiger partial charge in [-0.3, -0.25) is 0 Å². The molecule has 0 amide bonds. The normalized spacial score (nSPS) is 15.9. The van der Waals surface area contributed by atoms with Crippen molar-refractivity contribution >= 4 is 11.9 Å². The number of ether oxygens (including phenoxy) is 3. The first kappa shape index (κ1) is 21.8. The first-order chi connectivity index (χ1) is 14.0. The number of hydrogen-bond acceptors (Lipinski definition) is 6. The molecular formula is C23H25NO5. The van der Waals surface area contributed by atoms with Crippen molar-refractivity contribution in [3.63, 3.8) is 0 Å². The van der Waals surface area contributed by atoms with Crippen LogP contribution in [0.2, 0.25) is 0 Å². The predicted molar refractivity (Wildman–Crippen MR) is 110 cm³/mol. The van der Waals surface area contributed by atoms with E-state index in [1.807, 2.05) is 25.1 Å². The molecule has 0 bridgehead atoms. The number of terminal acetylenes is 1. The number of esters is 2. The quantitative estimate of drug-likeness (QED) is 0.414. The lowest BCUT2D eigenvalue weighted by molar-refractivity contribution is -0.138. The molecule has 6 heteroatoms. The molecule has 6 nitrogen and oxygen atoms in total. The summed E-state index contributed by atoms with van der Waals surface area (Å²) in [5.41, 5.74) is 2.40. The molecule has 0 fully saturated rings. The molecule has 0 aliphatic carbocycles. The molecule has 1 atom stereocenters. The van der Waals surface area contributed by atoms with E-state index < -0.39 is 17.9 Å². The Morgan fingerprint density at radius 2 is 1.79 bits per heavy atom. The van der Waals surface area contributed by atoms with E-state index in [9.17, 15) is 9.59 Å². The smallest absolute Gasteiger partial charge is 0.337 e. The molecule has 1 aliphatic heterocycles. The SMILES string of the molecule is C#CCOC(=O)C1=C(C)NC(C)=C(C(=O)OCC=C)C1c1ccccc1OCC. The molecular weight excluding hydrogens is 370 g/mol. The molecule has 0 radical (unpaired) electrons. The van der Waals surface area contributed by atoms with Gasteiger partial charge in [0.1, 0.15) is 12.4 Å². The van der Waals surface area contributed by atoms with Crippen LogP contribution in [0.4, 0.5) is 0 Å². The third-order valence-electron chi connectivity index (χ3n) is 4.35. The summed E-state index contributed by atoms with van der Waals surface area (Å²) in [6.07, 6.45) is 6.71. The zero-order valence-electron chi connectivity index (χ0n) is 16.9. The highest BCUT2D eigenvalue weighted by atomic mass is 16.5. The molecule has 1 aromatic rings. The molecule has 1 unspecified atom stereocenters. The standard InChI is InChI=1S/C23H25NO5/c1-6-13-28-22(25)19-15(4)24-16(5)20(23(26)29-14-7-2)21(19)17-11-9-10-12-18(17)27-8-3/h1,7,9-12,21,24H,2,8,13-14H2,3-5H3. The van der Waals surface area contributed by atoms with Gasteiger partial charge in [0.2, 0.25) is 0 Å². The van der Waals surface area contributed by atoms with E-state index in [0.29, 0.717) is 34.9 Å². The second-order valence-corrected chi connectivity index (χ2v) is 6.27. The molecule has 0 saturated carbocycles. The summed E-state index contributed by atoms with van der Waals surface area (Å²) in [5.74, 6) is 0.957. The first-order valence-electron chi connectivity index (χ1n) is 9.25. The zero-order chi connectivity index (χ0) is 21.4. The minimum Gasteiger partial charge on any atom is -0.494 e. The Morgan fingerprint density at radius 1 is 1.17 bits per heavy atom. The van der Waals surface area contributed by atoms with Crippen LogP contribution in [0.15, 0.2) is 59.5 Å². The number of dihydropyridines is 1. The van der Waals surface area contributed by atoms with Crippen molar-refractivity contribution < 1.29 is 23.8 Å². The van der Waals surface area contributed by atoms with Gasteiger partial charge in [0.05, 0.1) is 23.7 Å². The molecule has 1 heterocycles. The van der Waals surface area contributed by atoms with Crippen molar-refractivity contribution in [3.05, 3.63) is 65.0 Å². The van der Waals surface area contributed by atoms with Crippen molar-refractivity contribution in [2.45, 2.75) is 26.7 Å². The Bertz CT molecular complexity index is 904. The van der Waals surface area contributed by atoms with Crippen molar-refractivity contribution in [1.82, 2.24) is 5.32 Å². The van der Waals surface area contributed by atoms with Crippen molar-refractivity contribution in [2.75, 3.05) is 19.8 Å². The molecule has 29 heavy (non-hydrogen) atoms. The lowest BCUT2D eigenvalue weighted by Crippen LogP contribution is -2.32. The topological polar surface area (TPSA) is 73.9 Å². The van der Waals surface area contributed by atoms with Crippen LogP contribution in [0, 0.1) is 12.3 Å². The fraction of sp³-hybridized carbons (Fsp3) is 0.304. The highest BCUT2D eigenvalue weighted by Crippen LogP contribution is 2.42. The van der Waals surface area contributed by atoms with Gasteiger partial charge in [-0.05, 0) is 26.8 Å². The third kappa shape index (κ3) is 4.88. The van der Waals surface area contributed by atoms with Crippen LogP contribution in [0.5, 0.6) is 5.75 Å². The number of carbonyl (C=O) groups is 2. The molecule has 1 aromatic carbocycles. The van der Waals surface area contributed by atoms with Gasteiger partial charge in [-0.2, -0.15) is 0 Å². The summed E-state index contributed by atoms with van der Waals surface area (Å²) >= 11 is 0. The number of benzene rings is 1. The number of rotatable bonds is 8. The van der Waals surface area contributed by atoms with E-state index in [-0.39, 0.29) is 18.8 Å². The van der Waals surface area contributed by atoms with Crippen LogP contribution in [-0.2, 0) is 19.1 Å². The van der Waals surface area contributed by atoms with Crippen LogP contribution in [0.25, 0.3) is 0 Å². The maximum Gasteiger partial charge on any atom is 0.337 e. The maximum atomic E-state index is 12.9. The molecule has 2 rings (SSSR count). The zero-order valence-corrected chi connectivity index (χ0v) is 16.9. The fourth-order valence-corrected chi connectivity index (χ4v) is 3.25. The van der Waals surface area contributed by atoms with Gasteiger partial charge >= 0.3 is 11.9 Å². The second-order valence-electron chi connectivity index (χ2n) is 6.27. The predicted octanol–water partition coefficient (Wildman–Crippen LogP) is 3.23. The largest absolute Gasteiger partial charge is 0.494 e. The minimum atomic E-state index is -0.735. The Morgan fingerprint density at radius 3 is 2.38 bits per heavy atom. The summed E-state index contributed by atoms with van der Waals surface area (Å²) < 4.78 is 16.2. The van der Waals surface area contributed by atoms with E-state index in [2.05, 4.69) is 17.8 Å². The van der Waals surface area contributed by atoms with E-state index in [0.717, 1.165) is 0 Å². The Hall–Kier alpha value is -3.46. The lowest BCUT2D eigenvalue weighted by Gasteiger charge is -2.31. The van der Waals surface area contributed by atoms with E-state index in [1.165, 1.54) is 6.08 Å².